The van der Waals surface area contributed by atoms with Crippen LogP contribution in [0.1, 0.15) is 19.4 Å². The van der Waals surface area contributed by atoms with Crippen molar-refractivity contribution in [2.45, 2.75) is 20.4 Å². The highest BCUT2D eigenvalue weighted by molar-refractivity contribution is 5.74. The molecule has 0 spiro atoms. The van der Waals surface area contributed by atoms with Crippen LogP contribution < -0.4 is 5.32 Å². The first-order valence-corrected chi connectivity index (χ1v) is 5.19. The lowest BCUT2D eigenvalue weighted by Gasteiger charge is -2.20. The van der Waals surface area contributed by atoms with Crippen molar-refractivity contribution in [2.24, 2.45) is 0 Å². The van der Waals surface area contributed by atoms with Crippen LogP contribution in [0.4, 0.5) is 4.79 Å². The first kappa shape index (κ1) is 11.5. The molecule has 0 bridgehead atoms. The van der Waals surface area contributed by atoms with Crippen LogP contribution in [0.25, 0.3) is 0 Å². The number of rotatable bonds is 4. The van der Waals surface area contributed by atoms with Gasteiger partial charge in [0.2, 0.25) is 0 Å². The fourth-order valence-electron chi connectivity index (χ4n) is 1.30. The third-order valence-electron chi connectivity index (χ3n) is 2.12. The first-order chi connectivity index (χ1) is 7.27. The molecule has 0 atom stereocenters. The van der Waals surface area contributed by atoms with E-state index in [1.54, 1.807) is 17.3 Å². The molecule has 0 aromatic carbocycles. The summed E-state index contributed by atoms with van der Waals surface area (Å²) in [5, 5.41) is 2.79. The summed E-state index contributed by atoms with van der Waals surface area (Å²) in [5.41, 5.74) is 1.10. The number of pyridine rings is 1. The highest BCUT2D eigenvalue weighted by atomic mass is 16.2. The molecule has 0 radical (unpaired) electrons. The average molecular weight is 207 g/mol. The molecular formula is C11H17N3O. The summed E-state index contributed by atoms with van der Waals surface area (Å²) >= 11 is 0. The molecule has 2 amide bonds. The molecule has 0 unspecified atom stereocenters. The van der Waals surface area contributed by atoms with Gasteiger partial charge in [0, 0.05) is 32.0 Å². The number of carbonyl (C=O) groups is 1. The largest absolute Gasteiger partial charge is 0.338 e. The number of carbonyl (C=O) groups excluding carboxylic acids is 1. The van der Waals surface area contributed by atoms with Crippen LogP contribution in [0, 0.1) is 0 Å². The summed E-state index contributed by atoms with van der Waals surface area (Å²) in [4.78, 5) is 17.3. The van der Waals surface area contributed by atoms with Gasteiger partial charge in [-0.2, -0.15) is 0 Å². The van der Waals surface area contributed by atoms with Gasteiger partial charge in [0.25, 0.3) is 0 Å². The second-order valence-electron chi connectivity index (χ2n) is 3.21. The fraction of sp³-hybridized carbons (Fsp3) is 0.455. The van der Waals surface area contributed by atoms with Crippen LogP contribution >= 0.6 is 0 Å². The Morgan fingerprint density at radius 1 is 1.40 bits per heavy atom. The lowest BCUT2D eigenvalue weighted by atomic mass is 10.2. The number of hydrogen-bond donors (Lipinski definition) is 1. The maximum Gasteiger partial charge on any atom is 0.317 e. The average Bonchev–Trinajstić information content (AvgIpc) is 2.27. The Bertz CT molecular complexity index is 300. The molecule has 1 aromatic heterocycles. The standard InChI is InChI=1S/C11H17N3O/c1-3-13-11(15)14(4-2)9-10-5-7-12-8-6-10/h5-8H,3-4,9H2,1-2H3,(H,13,15). The number of amides is 2. The molecule has 15 heavy (non-hydrogen) atoms. The lowest BCUT2D eigenvalue weighted by Crippen LogP contribution is -2.39. The zero-order valence-electron chi connectivity index (χ0n) is 9.23. The molecule has 4 heteroatoms. The molecule has 0 fully saturated rings. The van der Waals surface area contributed by atoms with E-state index < -0.39 is 0 Å². The smallest absolute Gasteiger partial charge is 0.317 e. The molecule has 1 aromatic rings. The van der Waals surface area contributed by atoms with E-state index in [0.29, 0.717) is 19.6 Å². The van der Waals surface area contributed by atoms with E-state index in [1.165, 1.54) is 0 Å². The molecule has 0 aliphatic rings. The van der Waals surface area contributed by atoms with E-state index in [-0.39, 0.29) is 6.03 Å². The summed E-state index contributed by atoms with van der Waals surface area (Å²) < 4.78 is 0. The first-order valence-electron chi connectivity index (χ1n) is 5.19. The molecule has 1 N–H and O–H groups in total. The van der Waals surface area contributed by atoms with Crippen LogP contribution in [-0.2, 0) is 6.54 Å². The van der Waals surface area contributed by atoms with Gasteiger partial charge in [-0.3, -0.25) is 4.98 Å². The van der Waals surface area contributed by atoms with E-state index in [2.05, 4.69) is 10.3 Å². The van der Waals surface area contributed by atoms with Crippen LogP contribution in [-0.4, -0.2) is 29.0 Å². The monoisotopic (exact) mass is 207 g/mol. The van der Waals surface area contributed by atoms with Crippen molar-refractivity contribution < 1.29 is 4.79 Å². The van der Waals surface area contributed by atoms with Gasteiger partial charge in [-0.1, -0.05) is 0 Å². The zero-order valence-corrected chi connectivity index (χ0v) is 9.23. The van der Waals surface area contributed by atoms with Gasteiger partial charge in [-0.05, 0) is 31.5 Å². The minimum absolute atomic E-state index is 0.0168. The topological polar surface area (TPSA) is 45.2 Å². The summed E-state index contributed by atoms with van der Waals surface area (Å²) in [6.07, 6.45) is 3.47. The fourth-order valence-corrected chi connectivity index (χ4v) is 1.30. The van der Waals surface area contributed by atoms with Crippen molar-refractivity contribution >= 4 is 6.03 Å². The van der Waals surface area contributed by atoms with Crippen molar-refractivity contribution in [3.8, 4) is 0 Å². The molecule has 82 valence electrons. The number of nitrogens with zero attached hydrogens (tertiary/aromatic N) is 2. The van der Waals surface area contributed by atoms with Gasteiger partial charge >= 0.3 is 6.03 Å². The van der Waals surface area contributed by atoms with Gasteiger partial charge < -0.3 is 10.2 Å². The van der Waals surface area contributed by atoms with Crippen molar-refractivity contribution in [3.05, 3.63) is 30.1 Å². The van der Waals surface area contributed by atoms with Gasteiger partial charge in [0.05, 0.1) is 0 Å². The van der Waals surface area contributed by atoms with Crippen molar-refractivity contribution in [1.29, 1.82) is 0 Å². The van der Waals surface area contributed by atoms with E-state index >= 15 is 0 Å². The van der Waals surface area contributed by atoms with E-state index in [0.717, 1.165) is 5.56 Å². The minimum Gasteiger partial charge on any atom is -0.338 e. The van der Waals surface area contributed by atoms with E-state index in [1.807, 2.05) is 26.0 Å². The summed E-state index contributed by atoms with van der Waals surface area (Å²) in [5.74, 6) is 0. The Morgan fingerprint density at radius 2 is 2.07 bits per heavy atom. The summed E-state index contributed by atoms with van der Waals surface area (Å²) in [6, 6.07) is 3.82. The molecular weight excluding hydrogens is 190 g/mol. The number of nitrogens with one attached hydrogen (secondary N) is 1. The zero-order chi connectivity index (χ0) is 11.1. The molecule has 0 aliphatic heterocycles. The molecule has 0 saturated heterocycles. The van der Waals surface area contributed by atoms with Crippen LogP contribution in [0.2, 0.25) is 0 Å². The Labute approximate surface area is 90.3 Å². The highest BCUT2D eigenvalue weighted by Crippen LogP contribution is 2.02. The lowest BCUT2D eigenvalue weighted by molar-refractivity contribution is 0.198. The quantitative estimate of drug-likeness (QED) is 0.815. The third kappa shape index (κ3) is 3.58. The predicted molar refractivity (Wildman–Crippen MR) is 59.4 cm³/mol. The van der Waals surface area contributed by atoms with Crippen LogP contribution in [0.15, 0.2) is 24.5 Å². The number of urea groups is 1. The van der Waals surface area contributed by atoms with Gasteiger partial charge in [0.1, 0.15) is 0 Å². The maximum atomic E-state index is 11.6. The van der Waals surface area contributed by atoms with Crippen molar-refractivity contribution in [1.82, 2.24) is 15.2 Å². The summed E-state index contributed by atoms with van der Waals surface area (Å²) in [7, 11) is 0. The Hall–Kier alpha value is -1.58. The highest BCUT2D eigenvalue weighted by Gasteiger charge is 2.09. The third-order valence-corrected chi connectivity index (χ3v) is 2.12. The van der Waals surface area contributed by atoms with Crippen molar-refractivity contribution in [2.75, 3.05) is 13.1 Å². The summed E-state index contributed by atoms with van der Waals surface area (Å²) in [6.45, 7) is 5.87. The van der Waals surface area contributed by atoms with Crippen LogP contribution in [0.5, 0.6) is 0 Å². The van der Waals surface area contributed by atoms with Gasteiger partial charge in [0.15, 0.2) is 0 Å². The number of hydrogen-bond acceptors (Lipinski definition) is 2. The Balaban J connectivity index is 2.58. The molecule has 0 aliphatic carbocycles. The number of aromatic nitrogens is 1. The SMILES string of the molecule is CCNC(=O)N(CC)Cc1ccncc1. The predicted octanol–water partition coefficient (Wildman–Crippen LogP) is 1.63. The molecule has 1 rings (SSSR count). The van der Waals surface area contributed by atoms with Gasteiger partial charge in [-0.25, -0.2) is 4.79 Å². The molecule has 4 nitrogen and oxygen atoms in total. The van der Waals surface area contributed by atoms with Gasteiger partial charge in [-0.15, -0.1) is 0 Å². The maximum absolute atomic E-state index is 11.6. The Kier molecular flexibility index (Phi) is 4.60. The Morgan fingerprint density at radius 3 is 2.60 bits per heavy atom. The normalized spacial score (nSPS) is 9.73. The van der Waals surface area contributed by atoms with Crippen molar-refractivity contribution in [3.63, 3.8) is 0 Å². The van der Waals surface area contributed by atoms with E-state index in [9.17, 15) is 4.79 Å². The second kappa shape index (κ2) is 6.01. The molecule has 0 saturated carbocycles. The minimum atomic E-state index is -0.0168. The molecule has 1 heterocycles. The second-order valence-corrected chi connectivity index (χ2v) is 3.21. The van der Waals surface area contributed by atoms with Crippen LogP contribution in [0.3, 0.4) is 0 Å². The van der Waals surface area contributed by atoms with E-state index in [4.69, 9.17) is 0 Å².